The standard InChI is InChI=1S/C25H26F3N3O4S/c1-16-18(15-30(2)35-3)12-22(23(32)29-14-17-8-10-21(11-9-17)36(4)34)24(33)31(16)20-7-5-6-19(13-20)25(26,27)28/h5-13H,14-15H2,1-4H3,(H,29,32). The monoisotopic (exact) mass is 521 g/mol. The zero-order chi connectivity index (χ0) is 26.6. The van der Waals surface area contributed by atoms with Gasteiger partial charge in [0.2, 0.25) is 0 Å². The summed E-state index contributed by atoms with van der Waals surface area (Å²) in [5, 5.41) is 4.14. The van der Waals surface area contributed by atoms with Crippen LogP contribution in [0.25, 0.3) is 5.69 Å². The van der Waals surface area contributed by atoms with Gasteiger partial charge in [-0.2, -0.15) is 18.2 Å². The van der Waals surface area contributed by atoms with Crippen molar-refractivity contribution in [3.05, 3.63) is 92.9 Å². The summed E-state index contributed by atoms with van der Waals surface area (Å²) in [5.74, 6) is -0.676. The smallest absolute Gasteiger partial charge is 0.416 e. The van der Waals surface area contributed by atoms with Gasteiger partial charge in [0.1, 0.15) is 11.8 Å². The number of rotatable bonds is 8. The van der Waals surface area contributed by atoms with Gasteiger partial charge in [-0.05, 0) is 65.6 Å². The number of alkyl halides is 3. The van der Waals surface area contributed by atoms with Crippen molar-refractivity contribution in [1.82, 2.24) is 14.9 Å². The third kappa shape index (κ3) is 6.35. The summed E-state index contributed by atoms with van der Waals surface area (Å²) in [5.41, 5.74) is -0.255. The van der Waals surface area contributed by atoms with Gasteiger partial charge in [-0.1, -0.05) is 18.2 Å². The van der Waals surface area contributed by atoms with Crippen molar-refractivity contribution < 1.29 is 27.4 Å². The molecule has 7 nitrogen and oxygen atoms in total. The first kappa shape index (κ1) is 27.5. The fourth-order valence-corrected chi connectivity index (χ4v) is 4.11. The van der Waals surface area contributed by atoms with Gasteiger partial charge in [-0.15, -0.1) is 0 Å². The van der Waals surface area contributed by atoms with Gasteiger partial charge >= 0.3 is 6.18 Å². The molecular weight excluding hydrogens is 495 g/mol. The van der Waals surface area contributed by atoms with E-state index in [-0.39, 0.29) is 24.3 Å². The molecule has 1 N–H and O–H groups in total. The van der Waals surface area contributed by atoms with Gasteiger partial charge in [0.05, 0.1) is 19.2 Å². The molecule has 192 valence electrons. The van der Waals surface area contributed by atoms with Gasteiger partial charge in [0, 0.05) is 25.0 Å². The summed E-state index contributed by atoms with van der Waals surface area (Å²) in [6.07, 6.45) is -3.04. The van der Waals surface area contributed by atoms with Crippen LogP contribution in [0.1, 0.15) is 32.7 Å². The molecule has 0 aliphatic heterocycles. The van der Waals surface area contributed by atoms with Crippen molar-refractivity contribution in [2.75, 3.05) is 20.4 Å². The Morgan fingerprint density at radius 3 is 2.42 bits per heavy atom. The van der Waals surface area contributed by atoms with E-state index in [1.54, 1.807) is 44.5 Å². The van der Waals surface area contributed by atoms with E-state index in [0.717, 1.165) is 22.3 Å². The minimum atomic E-state index is -4.60. The maximum absolute atomic E-state index is 13.4. The highest BCUT2D eigenvalue weighted by Crippen LogP contribution is 2.30. The van der Waals surface area contributed by atoms with Crippen molar-refractivity contribution in [2.45, 2.75) is 31.1 Å². The molecule has 1 heterocycles. The Morgan fingerprint density at radius 1 is 1.17 bits per heavy atom. The predicted molar refractivity (Wildman–Crippen MR) is 130 cm³/mol. The topological polar surface area (TPSA) is 86.6 Å². The van der Waals surface area contributed by atoms with Crippen molar-refractivity contribution in [3.8, 4) is 5.69 Å². The van der Waals surface area contributed by atoms with Crippen LogP contribution in [-0.2, 0) is 35.3 Å². The molecule has 0 bridgehead atoms. The van der Waals surface area contributed by atoms with Crippen LogP contribution in [-0.4, -0.2) is 40.5 Å². The predicted octanol–water partition coefficient (Wildman–Crippen LogP) is 3.83. The number of hydroxylamine groups is 2. The fraction of sp³-hybridized carbons (Fsp3) is 0.280. The molecule has 0 spiro atoms. The Bertz CT molecular complexity index is 1290. The second kappa shape index (κ2) is 11.3. The Labute approximate surface area is 209 Å². The minimum Gasteiger partial charge on any atom is -0.612 e. The number of carbonyl (C=O) groups excluding carboxylic acids is 1. The first-order valence-electron chi connectivity index (χ1n) is 10.8. The SMILES string of the molecule is CON(C)Cc1cc(C(=O)NCc2ccc([S+](C)[O-])cc2)c(=O)n(-c2cccc(C(F)(F)F)c2)c1C. The van der Waals surface area contributed by atoms with Crippen LogP contribution in [0.3, 0.4) is 0 Å². The van der Waals surface area contributed by atoms with Gasteiger partial charge < -0.3 is 14.7 Å². The molecule has 11 heteroatoms. The number of pyridine rings is 1. The van der Waals surface area contributed by atoms with Crippen LogP contribution in [0.5, 0.6) is 0 Å². The minimum absolute atomic E-state index is 0.00792. The number of hydrogen-bond acceptors (Lipinski definition) is 5. The molecule has 0 fully saturated rings. The highest BCUT2D eigenvalue weighted by atomic mass is 32.2. The third-order valence-corrected chi connectivity index (χ3v) is 6.58. The molecule has 0 radical (unpaired) electrons. The number of nitrogens with zero attached hydrogens (tertiary/aromatic N) is 2. The molecule has 1 aromatic heterocycles. The van der Waals surface area contributed by atoms with Crippen LogP contribution in [0.15, 0.2) is 64.3 Å². The van der Waals surface area contributed by atoms with Crippen LogP contribution >= 0.6 is 0 Å². The normalized spacial score (nSPS) is 12.6. The molecule has 1 amide bonds. The van der Waals surface area contributed by atoms with E-state index in [4.69, 9.17) is 4.84 Å². The van der Waals surface area contributed by atoms with Crippen molar-refractivity contribution >= 4 is 17.1 Å². The van der Waals surface area contributed by atoms with Crippen LogP contribution in [0.2, 0.25) is 0 Å². The van der Waals surface area contributed by atoms with E-state index < -0.39 is 34.4 Å². The summed E-state index contributed by atoms with van der Waals surface area (Å²) >= 11 is -1.14. The molecule has 0 aliphatic carbocycles. The number of amides is 1. The number of halogens is 3. The first-order valence-corrected chi connectivity index (χ1v) is 12.4. The Morgan fingerprint density at radius 2 is 1.83 bits per heavy atom. The highest BCUT2D eigenvalue weighted by Gasteiger charge is 2.31. The maximum atomic E-state index is 13.4. The number of aromatic nitrogens is 1. The summed E-state index contributed by atoms with van der Waals surface area (Å²) in [7, 11) is 3.09. The lowest BCUT2D eigenvalue weighted by Gasteiger charge is -2.20. The van der Waals surface area contributed by atoms with E-state index in [9.17, 15) is 27.3 Å². The van der Waals surface area contributed by atoms with Crippen LogP contribution in [0.4, 0.5) is 13.2 Å². The van der Waals surface area contributed by atoms with Gasteiger partial charge in [0.15, 0.2) is 4.90 Å². The van der Waals surface area contributed by atoms with Crippen LogP contribution < -0.4 is 10.9 Å². The Kier molecular flexibility index (Phi) is 8.62. The summed E-state index contributed by atoms with van der Waals surface area (Å²) in [4.78, 5) is 32.2. The Balaban J connectivity index is 2.02. The first-order chi connectivity index (χ1) is 16.9. The molecule has 3 rings (SSSR count). The summed E-state index contributed by atoms with van der Waals surface area (Å²) < 4.78 is 52.6. The molecule has 36 heavy (non-hydrogen) atoms. The number of carbonyl (C=O) groups is 1. The third-order valence-electron chi connectivity index (χ3n) is 5.64. The Hall–Kier alpha value is -3.12. The average Bonchev–Trinajstić information content (AvgIpc) is 2.84. The lowest BCUT2D eigenvalue weighted by atomic mass is 10.1. The zero-order valence-corrected chi connectivity index (χ0v) is 21.0. The molecule has 3 aromatic rings. The van der Waals surface area contributed by atoms with Crippen molar-refractivity contribution in [1.29, 1.82) is 0 Å². The second-order valence-electron chi connectivity index (χ2n) is 8.11. The van der Waals surface area contributed by atoms with E-state index in [2.05, 4.69) is 5.32 Å². The molecular formula is C25H26F3N3O4S. The van der Waals surface area contributed by atoms with Crippen molar-refractivity contribution in [2.24, 2.45) is 0 Å². The van der Waals surface area contributed by atoms with E-state index in [1.165, 1.54) is 30.4 Å². The largest absolute Gasteiger partial charge is 0.612 e. The molecule has 0 saturated heterocycles. The number of hydrogen-bond donors (Lipinski definition) is 1. The van der Waals surface area contributed by atoms with Gasteiger partial charge in [-0.25, -0.2) is 0 Å². The van der Waals surface area contributed by atoms with Crippen LogP contribution in [0, 0.1) is 6.92 Å². The van der Waals surface area contributed by atoms with E-state index in [1.807, 2.05) is 0 Å². The maximum Gasteiger partial charge on any atom is 0.416 e. The zero-order valence-electron chi connectivity index (χ0n) is 20.2. The van der Waals surface area contributed by atoms with Crippen molar-refractivity contribution in [3.63, 3.8) is 0 Å². The highest BCUT2D eigenvalue weighted by molar-refractivity contribution is 7.90. The lowest BCUT2D eigenvalue weighted by molar-refractivity contribution is -0.137. The average molecular weight is 522 g/mol. The number of benzene rings is 2. The van der Waals surface area contributed by atoms with E-state index >= 15 is 0 Å². The number of nitrogens with one attached hydrogen (secondary N) is 1. The quantitative estimate of drug-likeness (QED) is 0.360. The molecule has 1 unspecified atom stereocenters. The molecule has 1 atom stereocenters. The molecule has 2 aromatic carbocycles. The summed E-state index contributed by atoms with van der Waals surface area (Å²) in [6.45, 7) is 1.87. The summed E-state index contributed by atoms with van der Waals surface area (Å²) in [6, 6.07) is 12.6. The fourth-order valence-electron chi connectivity index (χ4n) is 3.59. The molecule has 0 aliphatic rings. The van der Waals surface area contributed by atoms with Gasteiger partial charge in [-0.3, -0.25) is 14.2 Å². The second-order valence-corrected chi connectivity index (χ2v) is 9.49. The lowest BCUT2D eigenvalue weighted by Crippen LogP contribution is -2.34. The molecule has 0 saturated carbocycles. The van der Waals surface area contributed by atoms with Gasteiger partial charge in [0.25, 0.3) is 11.5 Å². The van der Waals surface area contributed by atoms with E-state index in [0.29, 0.717) is 16.2 Å².